The summed E-state index contributed by atoms with van der Waals surface area (Å²) in [6, 6.07) is 4.28. The van der Waals surface area contributed by atoms with Crippen LogP contribution in [0.15, 0.2) is 27.6 Å². The summed E-state index contributed by atoms with van der Waals surface area (Å²) in [6.07, 6.45) is 3.69. The van der Waals surface area contributed by atoms with Gasteiger partial charge in [-0.3, -0.25) is 4.79 Å². The second-order valence-corrected chi connectivity index (χ2v) is 8.24. The van der Waals surface area contributed by atoms with Crippen molar-refractivity contribution >= 4 is 47.3 Å². The van der Waals surface area contributed by atoms with Crippen LogP contribution in [0.4, 0.5) is 5.69 Å². The van der Waals surface area contributed by atoms with Crippen LogP contribution < -0.4 is 5.32 Å². The second kappa shape index (κ2) is 8.15. The molecule has 0 saturated carbocycles. The van der Waals surface area contributed by atoms with Crippen LogP contribution in [0.25, 0.3) is 0 Å². The zero-order valence-corrected chi connectivity index (χ0v) is 15.2. The monoisotopic (exact) mass is 395 g/mol. The van der Waals surface area contributed by atoms with E-state index in [1.807, 2.05) is 6.92 Å². The van der Waals surface area contributed by atoms with E-state index in [4.69, 9.17) is 10.7 Å². The molecule has 0 fully saturated rings. The lowest BCUT2D eigenvalue weighted by Crippen LogP contribution is -2.22. The lowest BCUT2D eigenvalue weighted by Gasteiger charge is -2.15. The Morgan fingerprint density at radius 1 is 1.38 bits per heavy atom. The van der Waals surface area contributed by atoms with Gasteiger partial charge in [0.05, 0.1) is 10.6 Å². The number of carbonyl (C=O) groups excluding carboxylic acids is 1. The predicted octanol–water partition coefficient (Wildman–Crippen LogP) is 4.53. The van der Waals surface area contributed by atoms with Crippen molar-refractivity contribution in [1.29, 1.82) is 0 Å². The highest BCUT2D eigenvalue weighted by Crippen LogP contribution is 2.28. The first-order valence-corrected chi connectivity index (χ1v) is 9.94. The van der Waals surface area contributed by atoms with Gasteiger partial charge in [-0.25, -0.2) is 8.42 Å². The van der Waals surface area contributed by atoms with Crippen LogP contribution in [0.1, 0.15) is 39.5 Å². The minimum atomic E-state index is -3.77. The highest BCUT2D eigenvalue weighted by atomic mass is 79.9. The van der Waals surface area contributed by atoms with Crippen LogP contribution in [-0.4, -0.2) is 14.3 Å². The number of benzene rings is 1. The van der Waals surface area contributed by atoms with Gasteiger partial charge in [-0.2, -0.15) is 0 Å². The Morgan fingerprint density at radius 2 is 2.05 bits per heavy atom. The topological polar surface area (TPSA) is 63.2 Å². The maximum absolute atomic E-state index is 12.2. The van der Waals surface area contributed by atoms with Crippen molar-refractivity contribution in [2.75, 3.05) is 5.32 Å². The van der Waals surface area contributed by atoms with Crippen molar-refractivity contribution in [2.45, 2.75) is 44.4 Å². The summed E-state index contributed by atoms with van der Waals surface area (Å²) in [5, 5.41) is 2.83. The van der Waals surface area contributed by atoms with Crippen molar-refractivity contribution in [2.24, 2.45) is 5.92 Å². The summed E-state index contributed by atoms with van der Waals surface area (Å²) in [5.74, 6) is -0.0820. The Morgan fingerprint density at radius 3 is 2.52 bits per heavy atom. The SMILES string of the molecule is CCCCC(CC)C(=O)Nc1ccc(S(=O)(=O)Cl)cc1Br. The lowest BCUT2D eigenvalue weighted by molar-refractivity contribution is -0.120. The van der Waals surface area contributed by atoms with E-state index in [0.717, 1.165) is 25.7 Å². The third-order valence-electron chi connectivity index (χ3n) is 3.25. The molecule has 0 heterocycles. The second-order valence-electron chi connectivity index (χ2n) is 4.82. The molecule has 0 aliphatic rings. The molecular formula is C14H19BrClNO3S. The molecule has 1 unspecified atom stereocenters. The van der Waals surface area contributed by atoms with Gasteiger partial charge >= 0.3 is 0 Å². The minimum Gasteiger partial charge on any atom is -0.325 e. The predicted molar refractivity (Wildman–Crippen MR) is 89.1 cm³/mol. The number of halogens is 2. The van der Waals surface area contributed by atoms with Crippen molar-refractivity contribution in [3.63, 3.8) is 0 Å². The third-order valence-corrected chi connectivity index (χ3v) is 5.26. The molecule has 0 aliphatic carbocycles. The average Bonchev–Trinajstić information content (AvgIpc) is 2.40. The number of amides is 1. The van der Waals surface area contributed by atoms with Crippen LogP contribution in [0.2, 0.25) is 0 Å². The van der Waals surface area contributed by atoms with Gasteiger partial charge in [0.25, 0.3) is 9.05 Å². The molecule has 1 amide bonds. The van der Waals surface area contributed by atoms with Gasteiger partial charge in [0.1, 0.15) is 0 Å². The van der Waals surface area contributed by atoms with E-state index in [1.54, 1.807) is 0 Å². The van der Waals surface area contributed by atoms with Gasteiger partial charge < -0.3 is 5.32 Å². The van der Waals surface area contributed by atoms with Crippen molar-refractivity contribution in [3.05, 3.63) is 22.7 Å². The molecule has 0 saturated heterocycles. The van der Waals surface area contributed by atoms with Gasteiger partial charge in [0.2, 0.25) is 5.91 Å². The summed E-state index contributed by atoms with van der Waals surface area (Å²) < 4.78 is 23.0. The number of carbonyl (C=O) groups is 1. The molecule has 1 rings (SSSR count). The smallest absolute Gasteiger partial charge is 0.261 e. The maximum Gasteiger partial charge on any atom is 0.261 e. The molecule has 4 nitrogen and oxygen atoms in total. The molecule has 1 aromatic carbocycles. The molecule has 7 heteroatoms. The Bertz CT molecular complexity index is 604. The zero-order chi connectivity index (χ0) is 16.0. The number of nitrogens with one attached hydrogen (secondary N) is 1. The first-order valence-electron chi connectivity index (χ1n) is 6.84. The van der Waals surface area contributed by atoms with E-state index < -0.39 is 9.05 Å². The quantitative estimate of drug-likeness (QED) is 0.689. The normalized spacial score (nSPS) is 13.0. The molecular weight excluding hydrogens is 378 g/mol. The standard InChI is InChI=1S/C14H19BrClNO3S/c1-3-5-6-10(4-2)14(18)17-13-8-7-11(9-12(13)15)21(16,19)20/h7-10H,3-6H2,1-2H3,(H,17,18). The molecule has 118 valence electrons. The number of rotatable bonds is 7. The molecule has 0 aromatic heterocycles. The Hall–Kier alpha value is -0.590. The Balaban J connectivity index is 2.85. The van der Waals surface area contributed by atoms with Crippen molar-refractivity contribution < 1.29 is 13.2 Å². The summed E-state index contributed by atoms with van der Waals surface area (Å²) in [6.45, 7) is 4.07. The summed E-state index contributed by atoms with van der Waals surface area (Å²) in [7, 11) is 1.51. The van der Waals surface area contributed by atoms with Crippen LogP contribution in [0.5, 0.6) is 0 Å². The number of hydrogen-bond acceptors (Lipinski definition) is 3. The van der Waals surface area contributed by atoms with E-state index in [-0.39, 0.29) is 16.7 Å². The van der Waals surface area contributed by atoms with Crippen molar-refractivity contribution in [3.8, 4) is 0 Å². The van der Waals surface area contributed by atoms with Crippen molar-refractivity contribution in [1.82, 2.24) is 0 Å². The largest absolute Gasteiger partial charge is 0.325 e. The Kier molecular flexibility index (Phi) is 7.16. The first kappa shape index (κ1) is 18.5. The highest BCUT2D eigenvalue weighted by Gasteiger charge is 2.18. The van der Waals surface area contributed by atoms with Gasteiger partial charge in [0.15, 0.2) is 0 Å². The van der Waals surface area contributed by atoms with E-state index >= 15 is 0 Å². The molecule has 0 aliphatic heterocycles. The number of anilines is 1. The maximum atomic E-state index is 12.2. The molecule has 0 bridgehead atoms. The molecule has 21 heavy (non-hydrogen) atoms. The number of hydrogen-bond donors (Lipinski definition) is 1. The Labute approximate surface area is 138 Å². The first-order chi connectivity index (χ1) is 9.79. The van der Waals surface area contributed by atoms with Crippen LogP contribution in [0, 0.1) is 5.92 Å². The summed E-state index contributed by atoms with van der Waals surface area (Å²) >= 11 is 3.25. The molecule has 1 atom stereocenters. The van der Waals surface area contributed by atoms with Gasteiger partial charge in [-0.15, -0.1) is 0 Å². The van der Waals surface area contributed by atoms with E-state index in [0.29, 0.717) is 10.2 Å². The van der Waals surface area contributed by atoms with Crippen LogP contribution in [-0.2, 0) is 13.8 Å². The van der Waals surface area contributed by atoms with Crippen LogP contribution >= 0.6 is 26.6 Å². The summed E-state index contributed by atoms with van der Waals surface area (Å²) in [4.78, 5) is 12.2. The van der Waals surface area contributed by atoms with Gasteiger partial charge in [0, 0.05) is 21.1 Å². The highest BCUT2D eigenvalue weighted by molar-refractivity contribution is 9.10. The van der Waals surface area contributed by atoms with Gasteiger partial charge in [-0.05, 0) is 47.0 Å². The van der Waals surface area contributed by atoms with Gasteiger partial charge in [-0.1, -0.05) is 26.7 Å². The molecule has 1 N–H and O–H groups in total. The average molecular weight is 397 g/mol. The fourth-order valence-electron chi connectivity index (χ4n) is 1.95. The minimum absolute atomic E-state index is 0.00735. The molecule has 0 radical (unpaired) electrons. The lowest BCUT2D eigenvalue weighted by atomic mass is 9.98. The van der Waals surface area contributed by atoms with E-state index in [9.17, 15) is 13.2 Å². The molecule has 0 spiro atoms. The van der Waals surface area contributed by atoms with Crippen LogP contribution in [0.3, 0.4) is 0 Å². The zero-order valence-electron chi connectivity index (χ0n) is 12.0. The number of unbranched alkanes of at least 4 members (excludes halogenated alkanes) is 1. The fourth-order valence-corrected chi connectivity index (χ4v) is 3.36. The molecule has 1 aromatic rings. The summed E-state index contributed by atoms with van der Waals surface area (Å²) in [5.41, 5.74) is 0.541. The fraction of sp³-hybridized carbons (Fsp3) is 0.500. The van der Waals surface area contributed by atoms with E-state index in [1.165, 1.54) is 18.2 Å². The third kappa shape index (κ3) is 5.60. The van der Waals surface area contributed by atoms with E-state index in [2.05, 4.69) is 28.2 Å².